The molecular formula is C15H31N3. The Bertz CT molecular complexity index is 218. The highest BCUT2D eigenvalue weighted by Gasteiger charge is 2.18. The fourth-order valence-electron chi connectivity index (χ4n) is 3.23. The average molecular weight is 253 g/mol. The molecule has 3 heteroatoms. The van der Waals surface area contributed by atoms with Gasteiger partial charge in [0.1, 0.15) is 0 Å². The molecule has 0 saturated carbocycles. The van der Waals surface area contributed by atoms with Gasteiger partial charge in [-0.05, 0) is 71.4 Å². The molecular weight excluding hydrogens is 222 g/mol. The monoisotopic (exact) mass is 253 g/mol. The number of hydrogen-bond donors (Lipinski definition) is 1. The van der Waals surface area contributed by atoms with E-state index >= 15 is 0 Å². The second-order valence-corrected chi connectivity index (χ2v) is 6.45. The van der Waals surface area contributed by atoms with Crippen molar-refractivity contribution in [1.82, 2.24) is 15.1 Å². The summed E-state index contributed by atoms with van der Waals surface area (Å²) in [6, 6.07) is 0.769. The first-order chi connectivity index (χ1) is 8.74. The van der Waals surface area contributed by atoms with E-state index in [9.17, 15) is 0 Å². The van der Waals surface area contributed by atoms with Crippen LogP contribution in [0.1, 0.15) is 39.0 Å². The van der Waals surface area contributed by atoms with Crippen LogP contribution in [-0.4, -0.2) is 62.2 Å². The molecule has 0 aromatic heterocycles. The first kappa shape index (κ1) is 14.3. The van der Waals surface area contributed by atoms with Crippen LogP contribution in [-0.2, 0) is 0 Å². The van der Waals surface area contributed by atoms with Crippen LogP contribution in [0.5, 0.6) is 0 Å². The lowest BCUT2D eigenvalue weighted by Gasteiger charge is -2.32. The minimum Gasteiger partial charge on any atom is -0.314 e. The van der Waals surface area contributed by atoms with Gasteiger partial charge in [-0.15, -0.1) is 0 Å². The first-order valence-electron chi connectivity index (χ1n) is 7.88. The van der Waals surface area contributed by atoms with Crippen molar-refractivity contribution in [2.45, 2.75) is 45.1 Å². The smallest absolute Gasteiger partial charge is 0.00915 e. The van der Waals surface area contributed by atoms with Gasteiger partial charge in [0.15, 0.2) is 0 Å². The molecule has 2 saturated heterocycles. The van der Waals surface area contributed by atoms with Crippen LogP contribution in [0.3, 0.4) is 0 Å². The molecule has 2 aliphatic rings. The van der Waals surface area contributed by atoms with Crippen molar-refractivity contribution in [2.24, 2.45) is 5.92 Å². The molecule has 0 bridgehead atoms. The highest BCUT2D eigenvalue weighted by molar-refractivity contribution is 4.77. The van der Waals surface area contributed by atoms with Crippen LogP contribution in [0.4, 0.5) is 0 Å². The number of rotatable bonds is 5. The van der Waals surface area contributed by atoms with Gasteiger partial charge in [-0.3, -0.25) is 0 Å². The first-order valence-corrected chi connectivity index (χ1v) is 7.88. The highest BCUT2D eigenvalue weighted by Crippen LogP contribution is 2.12. The van der Waals surface area contributed by atoms with Gasteiger partial charge in [-0.1, -0.05) is 13.3 Å². The molecule has 0 aliphatic carbocycles. The van der Waals surface area contributed by atoms with E-state index in [1.807, 2.05) is 0 Å². The van der Waals surface area contributed by atoms with Crippen molar-refractivity contribution in [3.63, 3.8) is 0 Å². The third kappa shape index (κ3) is 4.87. The van der Waals surface area contributed by atoms with Crippen molar-refractivity contribution in [1.29, 1.82) is 0 Å². The van der Waals surface area contributed by atoms with E-state index in [2.05, 4.69) is 29.1 Å². The molecule has 0 spiro atoms. The zero-order valence-corrected chi connectivity index (χ0v) is 12.3. The van der Waals surface area contributed by atoms with Crippen LogP contribution < -0.4 is 5.32 Å². The van der Waals surface area contributed by atoms with Crippen molar-refractivity contribution < 1.29 is 0 Å². The van der Waals surface area contributed by atoms with Gasteiger partial charge in [0.05, 0.1) is 0 Å². The predicted molar refractivity (Wildman–Crippen MR) is 78.0 cm³/mol. The molecule has 2 fully saturated rings. The van der Waals surface area contributed by atoms with Crippen molar-refractivity contribution in [3.8, 4) is 0 Å². The zero-order chi connectivity index (χ0) is 12.8. The Balaban J connectivity index is 1.57. The lowest BCUT2D eigenvalue weighted by molar-refractivity contribution is 0.189. The van der Waals surface area contributed by atoms with Crippen LogP contribution in [0, 0.1) is 5.92 Å². The second kappa shape index (κ2) is 7.46. The molecule has 1 N–H and O–H groups in total. The summed E-state index contributed by atoms with van der Waals surface area (Å²) in [5.74, 6) is 0.794. The maximum Gasteiger partial charge on any atom is 0.00915 e. The van der Waals surface area contributed by atoms with E-state index in [0.29, 0.717) is 0 Å². The van der Waals surface area contributed by atoms with Gasteiger partial charge in [0.2, 0.25) is 0 Å². The summed E-state index contributed by atoms with van der Waals surface area (Å²) in [5, 5.41) is 3.78. The normalized spacial score (nSPS) is 26.3. The van der Waals surface area contributed by atoms with Gasteiger partial charge in [-0.25, -0.2) is 0 Å². The van der Waals surface area contributed by atoms with Crippen LogP contribution in [0.15, 0.2) is 0 Å². The number of piperidine rings is 2. The average Bonchev–Trinajstić information content (AvgIpc) is 2.39. The Hall–Kier alpha value is -0.120. The summed E-state index contributed by atoms with van der Waals surface area (Å²) < 4.78 is 0. The molecule has 2 aliphatic heterocycles. The third-order valence-electron chi connectivity index (χ3n) is 4.49. The van der Waals surface area contributed by atoms with E-state index in [-0.39, 0.29) is 0 Å². The lowest BCUT2D eigenvalue weighted by atomic mass is 10.0. The minimum absolute atomic E-state index is 0.769. The van der Waals surface area contributed by atoms with Crippen LogP contribution in [0.25, 0.3) is 0 Å². The molecule has 0 aromatic carbocycles. The van der Waals surface area contributed by atoms with E-state index in [1.54, 1.807) is 0 Å². The van der Waals surface area contributed by atoms with Gasteiger partial charge >= 0.3 is 0 Å². The molecule has 0 aromatic rings. The topological polar surface area (TPSA) is 18.5 Å². The Morgan fingerprint density at radius 3 is 2.39 bits per heavy atom. The summed E-state index contributed by atoms with van der Waals surface area (Å²) in [4.78, 5) is 5.10. The van der Waals surface area contributed by atoms with E-state index in [0.717, 1.165) is 12.0 Å². The Morgan fingerprint density at radius 1 is 1.06 bits per heavy atom. The third-order valence-corrected chi connectivity index (χ3v) is 4.49. The summed E-state index contributed by atoms with van der Waals surface area (Å²) >= 11 is 0. The molecule has 2 heterocycles. The molecule has 1 unspecified atom stereocenters. The van der Waals surface area contributed by atoms with Gasteiger partial charge in [-0.2, -0.15) is 0 Å². The SMILES string of the molecule is CC(CNC1CCN(C)CC1)CN1CCCCC1. The largest absolute Gasteiger partial charge is 0.314 e. The molecule has 106 valence electrons. The molecule has 0 amide bonds. The minimum atomic E-state index is 0.769. The van der Waals surface area contributed by atoms with Crippen LogP contribution in [0.2, 0.25) is 0 Å². The second-order valence-electron chi connectivity index (χ2n) is 6.45. The van der Waals surface area contributed by atoms with Gasteiger partial charge in [0.25, 0.3) is 0 Å². The maximum absolute atomic E-state index is 3.78. The predicted octanol–water partition coefficient (Wildman–Crippen LogP) is 1.79. The Kier molecular flexibility index (Phi) is 5.93. The molecule has 1 atom stereocenters. The zero-order valence-electron chi connectivity index (χ0n) is 12.3. The van der Waals surface area contributed by atoms with E-state index in [4.69, 9.17) is 0 Å². The number of nitrogens with zero attached hydrogens (tertiary/aromatic N) is 2. The summed E-state index contributed by atoms with van der Waals surface area (Å²) in [6.07, 6.45) is 6.92. The summed E-state index contributed by atoms with van der Waals surface area (Å²) in [5.41, 5.74) is 0. The molecule has 18 heavy (non-hydrogen) atoms. The Labute approximate surface area is 113 Å². The number of likely N-dealkylation sites (tertiary alicyclic amines) is 2. The van der Waals surface area contributed by atoms with Gasteiger partial charge < -0.3 is 15.1 Å². The highest BCUT2D eigenvalue weighted by atomic mass is 15.1. The fraction of sp³-hybridized carbons (Fsp3) is 1.00. The quantitative estimate of drug-likeness (QED) is 0.806. The lowest BCUT2D eigenvalue weighted by Crippen LogP contribution is -2.44. The number of nitrogens with one attached hydrogen (secondary N) is 1. The van der Waals surface area contributed by atoms with Gasteiger partial charge in [0, 0.05) is 12.6 Å². The summed E-state index contributed by atoms with van der Waals surface area (Å²) in [7, 11) is 2.23. The van der Waals surface area contributed by atoms with Crippen molar-refractivity contribution in [3.05, 3.63) is 0 Å². The van der Waals surface area contributed by atoms with E-state index in [1.165, 1.54) is 71.4 Å². The molecule has 2 rings (SSSR count). The molecule has 0 radical (unpaired) electrons. The van der Waals surface area contributed by atoms with Crippen molar-refractivity contribution >= 4 is 0 Å². The van der Waals surface area contributed by atoms with Crippen LogP contribution >= 0.6 is 0 Å². The maximum atomic E-state index is 3.78. The number of hydrogen-bond acceptors (Lipinski definition) is 3. The Morgan fingerprint density at radius 2 is 1.72 bits per heavy atom. The standard InChI is InChI=1S/C15H31N3/c1-14(13-18-8-4-3-5-9-18)12-16-15-6-10-17(2)11-7-15/h14-16H,3-13H2,1-2H3. The fourth-order valence-corrected chi connectivity index (χ4v) is 3.23. The van der Waals surface area contributed by atoms with E-state index < -0.39 is 0 Å². The molecule has 3 nitrogen and oxygen atoms in total. The van der Waals surface area contributed by atoms with Crippen molar-refractivity contribution in [2.75, 3.05) is 46.3 Å². The summed E-state index contributed by atoms with van der Waals surface area (Å²) in [6.45, 7) is 10.1.